The second kappa shape index (κ2) is 7.56. The Morgan fingerprint density at radius 2 is 1.97 bits per heavy atom. The first-order valence-electron chi connectivity index (χ1n) is 8.85. The Bertz CT molecular complexity index is 1200. The van der Waals surface area contributed by atoms with Gasteiger partial charge in [-0.1, -0.05) is 23.7 Å². The molecule has 0 aliphatic carbocycles. The van der Waals surface area contributed by atoms with Gasteiger partial charge in [-0.3, -0.25) is 0 Å². The first-order valence-corrected chi connectivity index (χ1v) is 9.23. The molecule has 0 saturated heterocycles. The first-order chi connectivity index (χ1) is 14.0. The topological polar surface area (TPSA) is 95.1 Å². The molecule has 29 heavy (non-hydrogen) atoms. The molecule has 1 aromatic carbocycles. The van der Waals surface area contributed by atoms with Crippen LogP contribution in [0.15, 0.2) is 42.9 Å². The second-order valence-electron chi connectivity index (χ2n) is 6.55. The van der Waals surface area contributed by atoms with Gasteiger partial charge >= 0.3 is 5.97 Å². The summed E-state index contributed by atoms with van der Waals surface area (Å²) in [5.74, 6) is 0.485. The van der Waals surface area contributed by atoms with Gasteiger partial charge in [0.15, 0.2) is 5.65 Å². The number of carboxylic acids is 1. The number of benzene rings is 1. The summed E-state index contributed by atoms with van der Waals surface area (Å²) in [4.78, 5) is 20.1. The molecule has 0 aliphatic heterocycles. The molecule has 0 spiro atoms. The largest absolute Gasteiger partial charge is 0.497 e. The van der Waals surface area contributed by atoms with Gasteiger partial charge in [0.05, 0.1) is 28.8 Å². The Balaban J connectivity index is 1.65. The molecule has 9 heteroatoms. The molecular formula is C20H18ClN5O3. The third-order valence-corrected chi connectivity index (χ3v) is 5.10. The summed E-state index contributed by atoms with van der Waals surface area (Å²) in [5, 5.41) is 14.5. The van der Waals surface area contributed by atoms with Crippen LogP contribution in [-0.4, -0.2) is 42.5 Å². The van der Waals surface area contributed by atoms with E-state index in [1.165, 1.54) is 6.20 Å². The number of aromatic carboxylic acids is 1. The van der Waals surface area contributed by atoms with Gasteiger partial charge < -0.3 is 14.4 Å². The van der Waals surface area contributed by atoms with Crippen molar-refractivity contribution in [1.29, 1.82) is 0 Å². The van der Waals surface area contributed by atoms with Crippen LogP contribution in [0.1, 0.15) is 27.4 Å². The molecule has 0 radical (unpaired) electrons. The zero-order valence-electron chi connectivity index (χ0n) is 15.8. The third-order valence-electron chi connectivity index (χ3n) is 4.71. The molecular weight excluding hydrogens is 394 g/mol. The molecule has 0 amide bonds. The number of fused-ring (bicyclic) bond motifs is 1. The van der Waals surface area contributed by atoms with Gasteiger partial charge in [-0.25, -0.2) is 19.4 Å². The summed E-state index contributed by atoms with van der Waals surface area (Å²) < 4.78 is 8.91. The molecule has 0 aliphatic rings. The third kappa shape index (κ3) is 3.54. The summed E-state index contributed by atoms with van der Waals surface area (Å²) >= 11 is 6.30. The summed E-state index contributed by atoms with van der Waals surface area (Å²) in [5.41, 5.74) is 2.21. The maximum atomic E-state index is 11.3. The Kier molecular flexibility index (Phi) is 4.94. The van der Waals surface area contributed by atoms with Crippen LogP contribution in [0.25, 0.3) is 11.0 Å². The van der Waals surface area contributed by atoms with Crippen LogP contribution in [0.4, 0.5) is 0 Å². The van der Waals surface area contributed by atoms with Gasteiger partial charge in [0.1, 0.15) is 18.1 Å². The maximum Gasteiger partial charge on any atom is 0.338 e. The highest BCUT2D eigenvalue weighted by Crippen LogP contribution is 2.28. The lowest BCUT2D eigenvalue weighted by atomic mass is 10.2. The molecule has 0 bridgehead atoms. The van der Waals surface area contributed by atoms with E-state index >= 15 is 0 Å². The fourth-order valence-electron chi connectivity index (χ4n) is 3.23. The van der Waals surface area contributed by atoms with Crippen molar-refractivity contribution in [3.63, 3.8) is 0 Å². The fourth-order valence-corrected chi connectivity index (χ4v) is 3.58. The summed E-state index contributed by atoms with van der Waals surface area (Å²) in [6.07, 6.45) is 4.90. The number of carbonyl (C=O) groups is 1. The summed E-state index contributed by atoms with van der Waals surface area (Å²) in [6.45, 7) is 2.81. The van der Waals surface area contributed by atoms with Crippen molar-refractivity contribution in [2.45, 2.75) is 20.0 Å². The van der Waals surface area contributed by atoms with Crippen LogP contribution < -0.4 is 4.74 Å². The molecule has 0 atom stereocenters. The van der Waals surface area contributed by atoms with E-state index in [0.717, 1.165) is 17.1 Å². The molecule has 1 N–H and O–H groups in total. The lowest BCUT2D eigenvalue weighted by Gasteiger charge is -2.09. The van der Waals surface area contributed by atoms with Gasteiger partial charge in [-0.05, 0) is 24.6 Å². The minimum Gasteiger partial charge on any atom is -0.497 e. The van der Waals surface area contributed by atoms with Crippen molar-refractivity contribution in [1.82, 2.24) is 24.3 Å². The number of nitrogens with zero attached hydrogens (tertiary/aromatic N) is 5. The lowest BCUT2D eigenvalue weighted by Crippen LogP contribution is -2.11. The number of methoxy groups -OCH3 is 1. The quantitative estimate of drug-likeness (QED) is 0.522. The van der Waals surface area contributed by atoms with E-state index in [-0.39, 0.29) is 10.6 Å². The van der Waals surface area contributed by atoms with Gasteiger partial charge in [0.2, 0.25) is 0 Å². The van der Waals surface area contributed by atoms with Crippen molar-refractivity contribution in [3.05, 3.63) is 70.5 Å². The summed E-state index contributed by atoms with van der Waals surface area (Å²) in [6, 6.07) is 7.85. The van der Waals surface area contributed by atoms with E-state index in [1.54, 1.807) is 24.9 Å². The standard InChI is InChI=1S/C20H18ClN5O3/c1-12-17-18(21)15(20(27)28)9-23-19(17)26(24-12)11-16-22-7-8-25(16)10-13-3-5-14(29-2)6-4-13/h3-9H,10-11H2,1-2H3,(H,27,28). The monoisotopic (exact) mass is 411 g/mol. The molecule has 0 saturated carbocycles. The average Bonchev–Trinajstić information content (AvgIpc) is 3.27. The molecule has 4 rings (SSSR count). The van der Waals surface area contributed by atoms with Crippen LogP contribution in [0.3, 0.4) is 0 Å². The smallest absolute Gasteiger partial charge is 0.338 e. The van der Waals surface area contributed by atoms with E-state index in [1.807, 2.05) is 35.0 Å². The highest BCUT2D eigenvalue weighted by molar-refractivity contribution is 6.38. The van der Waals surface area contributed by atoms with E-state index in [2.05, 4.69) is 15.1 Å². The molecule has 0 unspecified atom stereocenters. The van der Waals surface area contributed by atoms with E-state index in [4.69, 9.17) is 16.3 Å². The van der Waals surface area contributed by atoms with Crippen molar-refractivity contribution in [3.8, 4) is 5.75 Å². The van der Waals surface area contributed by atoms with Gasteiger partial charge in [-0.15, -0.1) is 0 Å². The molecule has 148 valence electrons. The predicted octanol–water partition coefficient (Wildman–Crippen LogP) is 3.39. The predicted molar refractivity (Wildman–Crippen MR) is 108 cm³/mol. The average molecular weight is 412 g/mol. The number of ether oxygens (including phenoxy) is 1. The highest BCUT2D eigenvalue weighted by Gasteiger charge is 2.19. The maximum absolute atomic E-state index is 11.3. The van der Waals surface area contributed by atoms with Crippen LogP contribution in [-0.2, 0) is 13.1 Å². The number of pyridine rings is 1. The van der Waals surface area contributed by atoms with Crippen LogP contribution >= 0.6 is 11.6 Å². The number of imidazole rings is 1. The molecule has 3 heterocycles. The van der Waals surface area contributed by atoms with Crippen LogP contribution in [0.2, 0.25) is 5.02 Å². The first kappa shape index (κ1) is 18.9. The van der Waals surface area contributed by atoms with Crippen LogP contribution in [0, 0.1) is 6.92 Å². The number of hydrogen-bond acceptors (Lipinski definition) is 5. The van der Waals surface area contributed by atoms with Gasteiger partial charge in [-0.2, -0.15) is 5.10 Å². The number of aryl methyl sites for hydroxylation is 1. The number of aromatic nitrogens is 5. The van der Waals surface area contributed by atoms with E-state index in [0.29, 0.717) is 29.8 Å². The van der Waals surface area contributed by atoms with Crippen molar-refractivity contribution >= 4 is 28.6 Å². The number of halogens is 1. The zero-order chi connectivity index (χ0) is 20.5. The zero-order valence-corrected chi connectivity index (χ0v) is 16.6. The Hall–Kier alpha value is -3.39. The number of rotatable bonds is 6. The van der Waals surface area contributed by atoms with Crippen molar-refractivity contribution < 1.29 is 14.6 Å². The van der Waals surface area contributed by atoms with E-state index < -0.39 is 5.97 Å². The lowest BCUT2D eigenvalue weighted by molar-refractivity contribution is 0.0697. The fraction of sp³-hybridized carbons (Fsp3) is 0.200. The van der Waals surface area contributed by atoms with E-state index in [9.17, 15) is 9.90 Å². The SMILES string of the molecule is COc1ccc(Cn2ccnc2Cn2nc(C)c3c(Cl)c(C(=O)O)cnc32)cc1. The van der Waals surface area contributed by atoms with Crippen molar-refractivity contribution in [2.75, 3.05) is 7.11 Å². The molecule has 0 fully saturated rings. The Morgan fingerprint density at radius 3 is 2.66 bits per heavy atom. The Labute approximate surface area is 171 Å². The minimum atomic E-state index is -1.12. The number of carboxylic acid groups (broad SMARTS) is 1. The molecule has 4 aromatic rings. The molecule has 8 nitrogen and oxygen atoms in total. The van der Waals surface area contributed by atoms with Crippen LogP contribution in [0.5, 0.6) is 5.75 Å². The van der Waals surface area contributed by atoms with Gasteiger partial charge in [0.25, 0.3) is 0 Å². The van der Waals surface area contributed by atoms with Crippen molar-refractivity contribution in [2.24, 2.45) is 0 Å². The highest BCUT2D eigenvalue weighted by atomic mass is 35.5. The number of hydrogen-bond donors (Lipinski definition) is 1. The molecule has 3 aromatic heterocycles. The normalized spacial score (nSPS) is 11.1. The summed E-state index contributed by atoms with van der Waals surface area (Å²) in [7, 11) is 1.64. The Morgan fingerprint density at radius 1 is 1.21 bits per heavy atom. The van der Waals surface area contributed by atoms with Gasteiger partial charge in [0, 0.05) is 25.1 Å². The second-order valence-corrected chi connectivity index (χ2v) is 6.93. The minimum absolute atomic E-state index is 0.0391.